The molecule has 0 amide bonds. The topological polar surface area (TPSA) is 59.2 Å². The van der Waals surface area contributed by atoms with Crippen LogP contribution in [-0.4, -0.2) is 42.3 Å². The summed E-state index contributed by atoms with van der Waals surface area (Å²) in [5, 5.41) is 0. The van der Waals surface area contributed by atoms with E-state index in [1.807, 2.05) is 41.1 Å². The molecule has 0 bridgehead atoms. The van der Waals surface area contributed by atoms with Gasteiger partial charge in [-0.2, -0.15) is 0 Å². The Balaban J connectivity index is 1.06. The molecule has 1 aliphatic rings. The lowest BCUT2D eigenvalue weighted by Crippen LogP contribution is -2.32. The van der Waals surface area contributed by atoms with Crippen molar-refractivity contribution < 1.29 is 0 Å². The van der Waals surface area contributed by atoms with Crippen LogP contribution in [0, 0.1) is 0 Å². The monoisotopic (exact) mass is 496 g/mol. The minimum absolute atomic E-state index is 0.478. The molecule has 0 aliphatic carbocycles. The van der Waals surface area contributed by atoms with Crippen LogP contribution >= 0.6 is 0 Å². The largest absolute Gasteiger partial charge is 0.299 e. The molecule has 6 nitrogen and oxygen atoms in total. The van der Waals surface area contributed by atoms with E-state index in [1.165, 1.54) is 5.56 Å². The summed E-state index contributed by atoms with van der Waals surface area (Å²) in [6, 6.07) is 27.4. The second-order valence-electron chi connectivity index (χ2n) is 10.0. The lowest BCUT2D eigenvalue weighted by molar-refractivity contribution is 0.203. The third kappa shape index (κ3) is 4.44. The van der Waals surface area contributed by atoms with E-state index in [2.05, 4.69) is 75.7 Å². The average Bonchev–Trinajstić information content (AvgIpc) is 3.45. The molecule has 1 fully saturated rings. The molecule has 4 heterocycles. The highest BCUT2D eigenvalue weighted by Gasteiger charge is 2.22. The van der Waals surface area contributed by atoms with Gasteiger partial charge in [-0.1, -0.05) is 66.7 Å². The average molecular weight is 497 g/mol. The molecular formula is C32H28N6. The third-order valence-corrected chi connectivity index (χ3v) is 7.57. The van der Waals surface area contributed by atoms with Crippen molar-refractivity contribution in [1.29, 1.82) is 0 Å². The van der Waals surface area contributed by atoms with Crippen LogP contribution < -0.4 is 0 Å². The van der Waals surface area contributed by atoms with E-state index in [9.17, 15) is 0 Å². The standard InChI is InChI=1S/C32H28N6/c1-2-6-24(7-3-1)27-22-38-19-16-33-32(38)36-31(27)26-12-10-23(11-13-26)21-37-17-14-25(15-18-37)30-20-34-28-8-4-5-9-29(28)35-30/h1-13,16,19-20,22,25H,14-15,17-18,21H2. The number of benzene rings is 3. The zero-order chi connectivity index (χ0) is 25.3. The van der Waals surface area contributed by atoms with Crippen LogP contribution in [0.15, 0.2) is 104 Å². The number of piperidine rings is 1. The van der Waals surface area contributed by atoms with E-state index in [0.29, 0.717) is 11.7 Å². The van der Waals surface area contributed by atoms with Crippen LogP contribution in [0.3, 0.4) is 0 Å². The summed E-state index contributed by atoms with van der Waals surface area (Å²) in [5.41, 5.74) is 8.71. The van der Waals surface area contributed by atoms with Crippen molar-refractivity contribution in [2.75, 3.05) is 13.1 Å². The number of nitrogens with zero attached hydrogens (tertiary/aromatic N) is 6. The fourth-order valence-electron chi connectivity index (χ4n) is 5.48. The number of likely N-dealkylation sites (tertiary alicyclic amines) is 1. The number of hydrogen-bond donors (Lipinski definition) is 0. The Morgan fingerprint density at radius 2 is 1.50 bits per heavy atom. The Hall–Kier alpha value is -4.42. The van der Waals surface area contributed by atoms with E-state index < -0.39 is 0 Å². The number of para-hydroxylation sites is 2. The molecule has 6 heteroatoms. The number of rotatable bonds is 5. The molecule has 0 unspecified atom stereocenters. The van der Waals surface area contributed by atoms with Gasteiger partial charge in [-0.15, -0.1) is 0 Å². The Kier molecular flexibility index (Phi) is 5.87. The predicted molar refractivity (Wildman–Crippen MR) is 151 cm³/mol. The van der Waals surface area contributed by atoms with Gasteiger partial charge in [-0.25, -0.2) is 15.0 Å². The maximum absolute atomic E-state index is 4.91. The Bertz CT molecular complexity index is 1700. The van der Waals surface area contributed by atoms with Crippen LogP contribution in [-0.2, 0) is 6.54 Å². The Morgan fingerprint density at radius 1 is 0.737 bits per heavy atom. The SMILES string of the molecule is c1ccc(-c2cn3ccnc3nc2-c2ccc(CN3CCC(c4cnc5ccccc5n4)CC3)cc2)cc1. The molecule has 0 N–H and O–H groups in total. The highest BCUT2D eigenvalue weighted by atomic mass is 15.1. The number of hydrogen-bond acceptors (Lipinski definition) is 5. The lowest BCUT2D eigenvalue weighted by atomic mass is 9.93. The van der Waals surface area contributed by atoms with Crippen molar-refractivity contribution in [3.05, 3.63) is 115 Å². The van der Waals surface area contributed by atoms with E-state index in [4.69, 9.17) is 9.97 Å². The summed E-state index contributed by atoms with van der Waals surface area (Å²) in [6.45, 7) is 3.09. The maximum Gasteiger partial charge on any atom is 0.234 e. The zero-order valence-electron chi connectivity index (χ0n) is 21.1. The number of imidazole rings is 1. The normalized spacial score (nSPS) is 14.8. The fourth-order valence-corrected chi connectivity index (χ4v) is 5.48. The van der Waals surface area contributed by atoms with Crippen LogP contribution in [0.25, 0.3) is 39.2 Å². The molecule has 7 rings (SSSR count). The summed E-state index contributed by atoms with van der Waals surface area (Å²) in [5.74, 6) is 1.19. The molecule has 38 heavy (non-hydrogen) atoms. The van der Waals surface area contributed by atoms with Crippen LogP contribution in [0.4, 0.5) is 0 Å². The van der Waals surface area contributed by atoms with Gasteiger partial charge in [-0.3, -0.25) is 14.3 Å². The van der Waals surface area contributed by atoms with Crippen LogP contribution in [0.5, 0.6) is 0 Å². The van der Waals surface area contributed by atoms with Gasteiger partial charge >= 0.3 is 0 Å². The molecular weight excluding hydrogens is 468 g/mol. The van der Waals surface area contributed by atoms with Gasteiger partial charge < -0.3 is 0 Å². The van der Waals surface area contributed by atoms with Crippen LogP contribution in [0.1, 0.15) is 30.0 Å². The Morgan fingerprint density at radius 3 is 2.32 bits per heavy atom. The lowest BCUT2D eigenvalue weighted by Gasteiger charge is -2.31. The molecule has 3 aromatic heterocycles. The second kappa shape index (κ2) is 9.80. The van der Waals surface area contributed by atoms with Crippen molar-refractivity contribution in [3.63, 3.8) is 0 Å². The van der Waals surface area contributed by atoms with Crippen molar-refractivity contribution in [1.82, 2.24) is 29.2 Å². The van der Waals surface area contributed by atoms with Gasteiger partial charge in [0.15, 0.2) is 0 Å². The van der Waals surface area contributed by atoms with E-state index in [1.54, 1.807) is 6.20 Å². The first-order valence-electron chi connectivity index (χ1n) is 13.2. The molecule has 186 valence electrons. The predicted octanol–water partition coefficient (Wildman–Crippen LogP) is 6.39. The first kappa shape index (κ1) is 22.8. The molecule has 6 aromatic rings. The first-order valence-corrected chi connectivity index (χ1v) is 13.2. The van der Waals surface area contributed by atoms with Crippen molar-refractivity contribution in [3.8, 4) is 22.4 Å². The summed E-state index contributed by atoms with van der Waals surface area (Å²) < 4.78 is 1.98. The van der Waals surface area contributed by atoms with E-state index in [-0.39, 0.29) is 0 Å². The molecule has 1 aliphatic heterocycles. The summed E-state index contributed by atoms with van der Waals surface area (Å²) >= 11 is 0. The highest BCUT2D eigenvalue weighted by molar-refractivity contribution is 5.81. The number of aromatic nitrogens is 5. The van der Waals surface area contributed by atoms with E-state index in [0.717, 1.165) is 71.6 Å². The smallest absolute Gasteiger partial charge is 0.234 e. The molecule has 0 atom stereocenters. The molecule has 0 spiro atoms. The fraction of sp³-hybridized carbons (Fsp3) is 0.188. The molecule has 1 saturated heterocycles. The van der Waals surface area contributed by atoms with Crippen molar-refractivity contribution in [2.24, 2.45) is 0 Å². The highest BCUT2D eigenvalue weighted by Crippen LogP contribution is 2.32. The zero-order valence-corrected chi connectivity index (χ0v) is 21.1. The quantitative estimate of drug-likeness (QED) is 0.277. The van der Waals surface area contributed by atoms with E-state index >= 15 is 0 Å². The maximum atomic E-state index is 4.91. The van der Waals surface area contributed by atoms with Crippen LogP contribution in [0.2, 0.25) is 0 Å². The summed E-state index contributed by atoms with van der Waals surface area (Å²) in [7, 11) is 0. The van der Waals surface area contributed by atoms with Gasteiger partial charge in [0, 0.05) is 48.4 Å². The van der Waals surface area contributed by atoms with Gasteiger partial charge in [0.25, 0.3) is 0 Å². The second-order valence-corrected chi connectivity index (χ2v) is 10.0. The third-order valence-electron chi connectivity index (χ3n) is 7.57. The number of fused-ring (bicyclic) bond motifs is 2. The van der Waals surface area contributed by atoms with Gasteiger partial charge in [0.2, 0.25) is 5.78 Å². The van der Waals surface area contributed by atoms with Crippen molar-refractivity contribution in [2.45, 2.75) is 25.3 Å². The van der Waals surface area contributed by atoms with Gasteiger partial charge in [0.05, 0.1) is 22.4 Å². The minimum Gasteiger partial charge on any atom is -0.299 e. The molecule has 0 saturated carbocycles. The van der Waals surface area contributed by atoms with Crippen molar-refractivity contribution >= 4 is 16.8 Å². The summed E-state index contributed by atoms with van der Waals surface area (Å²) in [6.07, 6.45) is 10.1. The first-order chi connectivity index (χ1) is 18.8. The Labute approximate surface area is 221 Å². The molecule has 3 aromatic carbocycles. The molecule has 0 radical (unpaired) electrons. The van der Waals surface area contributed by atoms with Gasteiger partial charge in [-0.05, 0) is 49.2 Å². The van der Waals surface area contributed by atoms with Gasteiger partial charge in [0.1, 0.15) is 0 Å². The summed E-state index contributed by atoms with van der Waals surface area (Å²) in [4.78, 5) is 21.4. The minimum atomic E-state index is 0.478.